The Bertz CT molecular complexity index is 462. The summed E-state index contributed by atoms with van der Waals surface area (Å²) in [6, 6.07) is 4.63. The second kappa shape index (κ2) is 6.32. The smallest absolute Gasteiger partial charge is 0.123 e. The standard InChI is InChI=1S/C17H28N4/c1-19-15(12-14-6-9-20-16(18)13-14)17(7-2-3-8-17)21-10-4-5-11-21/h6,9,13,15,19H,2-5,7-8,10-12H2,1H3,(H2,18,20). The van der Waals surface area contributed by atoms with Gasteiger partial charge in [-0.1, -0.05) is 12.8 Å². The highest BCUT2D eigenvalue weighted by atomic mass is 15.2. The summed E-state index contributed by atoms with van der Waals surface area (Å²) >= 11 is 0. The Kier molecular flexibility index (Phi) is 4.45. The molecule has 116 valence electrons. The average molecular weight is 288 g/mol. The van der Waals surface area contributed by atoms with E-state index >= 15 is 0 Å². The first-order chi connectivity index (χ1) is 10.2. The zero-order valence-corrected chi connectivity index (χ0v) is 13.1. The van der Waals surface area contributed by atoms with Gasteiger partial charge >= 0.3 is 0 Å². The molecule has 1 aromatic heterocycles. The van der Waals surface area contributed by atoms with Crippen LogP contribution in [0, 0.1) is 0 Å². The third-order valence-corrected chi connectivity index (χ3v) is 5.49. The number of rotatable bonds is 5. The molecule has 3 rings (SSSR count). The zero-order chi connectivity index (χ0) is 14.7. The first kappa shape index (κ1) is 14.8. The van der Waals surface area contributed by atoms with Gasteiger partial charge in [0, 0.05) is 17.8 Å². The lowest BCUT2D eigenvalue weighted by Gasteiger charge is -2.45. The number of nitrogens with zero attached hydrogens (tertiary/aromatic N) is 2. The van der Waals surface area contributed by atoms with Gasteiger partial charge < -0.3 is 11.1 Å². The molecular weight excluding hydrogens is 260 g/mol. The number of nitrogen functional groups attached to an aromatic ring is 1. The van der Waals surface area contributed by atoms with Crippen molar-refractivity contribution in [1.82, 2.24) is 15.2 Å². The molecule has 21 heavy (non-hydrogen) atoms. The Labute approximate surface area is 128 Å². The van der Waals surface area contributed by atoms with E-state index in [1.807, 2.05) is 12.3 Å². The van der Waals surface area contributed by atoms with Crippen molar-refractivity contribution in [3.8, 4) is 0 Å². The van der Waals surface area contributed by atoms with Crippen LogP contribution in [-0.2, 0) is 6.42 Å². The topological polar surface area (TPSA) is 54.2 Å². The van der Waals surface area contributed by atoms with Crippen LogP contribution >= 0.6 is 0 Å². The Morgan fingerprint density at radius 2 is 2.00 bits per heavy atom. The summed E-state index contributed by atoms with van der Waals surface area (Å²) in [6.45, 7) is 2.55. The third-order valence-electron chi connectivity index (χ3n) is 5.49. The molecule has 4 nitrogen and oxygen atoms in total. The first-order valence-corrected chi connectivity index (χ1v) is 8.37. The van der Waals surface area contributed by atoms with Gasteiger partial charge in [0.25, 0.3) is 0 Å². The number of pyridine rings is 1. The van der Waals surface area contributed by atoms with Gasteiger partial charge in [0.2, 0.25) is 0 Å². The summed E-state index contributed by atoms with van der Waals surface area (Å²) < 4.78 is 0. The maximum atomic E-state index is 5.84. The van der Waals surface area contributed by atoms with E-state index < -0.39 is 0 Å². The van der Waals surface area contributed by atoms with E-state index in [1.54, 1.807) is 0 Å². The Hall–Kier alpha value is -1.13. The minimum Gasteiger partial charge on any atom is -0.384 e. The van der Waals surface area contributed by atoms with Crippen molar-refractivity contribution in [3.63, 3.8) is 0 Å². The van der Waals surface area contributed by atoms with E-state index in [4.69, 9.17) is 5.73 Å². The molecular formula is C17H28N4. The minimum absolute atomic E-state index is 0.350. The molecule has 2 heterocycles. The van der Waals surface area contributed by atoms with Gasteiger partial charge in [-0.3, -0.25) is 4.90 Å². The number of nitrogens with two attached hydrogens (primary N) is 1. The summed E-state index contributed by atoms with van der Waals surface area (Å²) in [4.78, 5) is 6.88. The van der Waals surface area contributed by atoms with Crippen LogP contribution in [0.4, 0.5) is 5.82 Å². The van der Waals surface area contributed by atoms with Crippen LogP contribution in [0.2, 0.25) is 0 Å². The predicted molar refractivity (Wildman–Crippen MR) is 87.2 cm³/mol. The molecule has 3 N–H and O–H groups in total. The molecule has 0 radical (unpaired) electrons. The highest BCUT2D eigenvalue weighted by molar-refractivity contribution is 5.32. The second-order valence-corrected chi connectivity index (χ2v) is 6.64. The van der Waals surface area contributed by atoms with Crippen LogP contribution in [0.5, 0.6) is 0 Å². The molecule has 1 saturated heterocycles. The Morgan fingerprint density at radius 3 is 2.62 bits per heavy atom. The van der Waals surface area contributed by atoms with Gasteiger partial charge in [0.1, 0.15) is 5.82 Å². The molecule has 0 bridgehead atoms. The highest BCUT2D eigenvalue weighted by Crippen LogP contribution is 2.40. The number of nitrogens with one attached hydrogen (secondary N) is 1. The van der Waals surface area contributed by atoms with Crippen molar-refractivity contribution in [2.24, 2.45) is 0 Å². The molecule has 1 aromatic rings. The van der Waals surface area contributed by atoms with Crippen LogP contribution in [0.3, 0.4) is 0 Å². The fourth-order valence-electron chi connectivity index (χ4n) is 4.45. The van der Waals surface area contributed by atoms with Gasteiger partial charge in [-0.25, -0.2) is 4.98 Å². The minimum atomic E-state index is 0.350. The maximum absolute atomic E-state index is 5.84. The number of hydrogen-bond acceptors (Lipinski definition) is 4. The van der Waals surface area contributed by atoms with E-state index in [0.717, 1.165) is 6.42 Å². The highest BCUT2D eigenvalue weighted by Gasteiger charge is 2.45. The molecule has 2 fully saturated rings. The van der Waals surface area contributed by atoms with Crippen LogP contribution in [0.15, 0.2) is 18.3 Å². The van der Waals surface area contributed by atoms with Crippen molar-refractivity contribution in [2.45, 2.75) is 56.5 Å². The summed E-state index contributed by atoms with van der Waals surface area (Å²) in [5, 5.41) is 3.63. The van der Waals surface area contributed by atoms with E-state index in [9.17, 15) is 0 Å². The fraction of sp³-hybridized carbons (Fsp3) is 0.706. The molecule has 0 aromatic carbocycles. The monoisotopic (exact) mass is 288 g/mol. The Balaban J connectivity index is 1.82. The van der Waals surface area contributed by atoms with Crippen molar-refractivity contribution < 1.29 is 0 Å². The number of hydrogen-bond donors (Lipinski definition) is 2. The van der Waals surface area contributed by atoms with E-state index in [0.29, 0.717) is 17.4 Å². The number of aromatic nitrogens is 1. The van der Waals surface area contributed by atoms with Crippen molar-refractivity contribution in [2.75, 3.05) is 25.9 Å². The van der Waals surface area contributed by atoms with Gasteiger partial charge in [-0.05, 0) is 69.9 Å². The average Bonchev–Trinajstić information content (AvgIpc) is 3.16. The number of anilines is 1. The maximum Gasteiger partial charge on any atom is 0.123 e. The van der Waals surface area contributed by atoms with E-state index in [-0.39, 0.29) is 0 Å². The summed E-state index contributed by atoms with van der Waals surface area (Å²) in [7, 11) is 2.12. The van der Waals surface area contributed by atoms with Crippen molar-refractivity contribution >= 4 is 5.82 Å². The van der Waals surface area contributed by atoms with Crippen molar-refractivity contribution in [1.29, 1.82) is 0 Å². The molecule has 1 atom stereocenters. The van der Waals surface area contributed by atoms with Gasteiger partial charge in [-0.15, -0.1) is 0 Å². The van der Waals surface area contributed by atoms with E-state index in [2.05, 4.69) is 28.3 Å². The van der Waals surface area contributed by atoms with Crippen LogP contribution in [-0.4, -0.2) is 41.6 Å². The lowest BCUT2D eigenvalue weighted by Crippen LogP contribution is -2.59. The normalized spacial score (nSPS) is 23.5. The first-order valence-electron chi connectivity index (χ1n) is 8.37. The summed E-state index contributed by atoms with van der Waals surface area (Å²) in [5.41, 5.74) is 7.49. The predicted octanol–water partition coefficient (Wildman–Crippen LogP) is 2.20. The van der Waals surface area contributed by atoms with Crippen LogP contribution in [0.25, 0.3) is 0 Å². The van der Waals surface area contributed by atoms with Crippen molar-refractivity contribution in [3.05, 3.63) is 23.9 Å². The molecule has 2 aliphatic rings. The zero-order valence-electron chi connectivity index (χ0n) is 13.1. The second-order valence-electron chi connectivity index (χ2n) is 6.64. The number of likely N-dealkylation sites (tertiary alicyclic amines) is 1. The summed E-state index contributed by atoms with van der Waals surface area (Å²) in [6.07, 6.45) is 11.0. The quantitative estimate of drug-likeness (QED) is 0.872. The van der Waals surface area contributed by atoms with Gasteiger partial charge in [-0.2, -0.15) is 0 Å². The molecule has 1 aliphatic carbocycles. The molecule has 1 unspecified atom stereocenters. The molecule has 1 aliphatic heterocycles. The SMILES string of the molecule is CNC(Cc1ccnc(N)c1)C1(N2CCCC2)CCCC1. The number of likely N-dealkylation sites (N-methyl/N-ethyl adjacent to an activating group) is 1. The Morgan fingerprint density at radius 1 is 1.29 bits per heavy atom. The lowest BCUT2D eigenvalue weighted by molar-refractivity contribution is 0.0798. The van der Waals surface area contributed by atoms with Gasteiger partial charge in [0.15, 0.2) is 0 Å². The van der Waals surface area contributed by atoms with Gasteiger partial charge in [0.05, 0.1) is 0 Å². The fourth-order valence-corrected chi connectivity index (χ4v) is 4.45. The third kappa shape index (κ3) is 2.92. The summed E-state index contributed by atoms with van der Waals surface area (Å²) in [5.74, 6) is 0.629. The largest absolute Gasteiger partial charge is 0.384 e. The molecule has 0 amide bonds. The van der Waals surface area contributed by atoms with Crippen LogP contribution < -0.4 is 11.1 Å². The molecule has 4 heteroatoms. The van der Waals surface area contributed by atoms with Crippen LogP contribution in [0.1, 0.15) is 44.1 Å². The lowest BCUT2D eigenvalue weighted by atomic mass is 9.82. The molecule has 1 saturated carbocycles. The van der Waals surface area contributed by atoms with E-state index in [1.165, 1.54) is 57.2 Å². The molecule has 0 spiro atoms.